The first-order valence-electron chi connectivity index (χ1n) is 6.94. The smallest absolute Gasteiger partial charge is 0.229 e. The van der Waals surface area contributed by atoms with E-state index in [2.05, 4.69) is 10.2 Å². The van der Waals surface area contributed by atoms with Crippen LogP contribution in [0.3, 0.4) is 0 Å². The summed E-state index contributed by atoms with van der Waals surface area (Å²) in [4.78, 5) is 14.6. The molecule has 0 spiro atoms. The van der Waals surface area contributed by atoms with E-state index in [0.29, 0.717) is 11.5 Å². The fourth-order valence-corrected chi connectivity index (χ4v) is 2.56. The SMILES string of the molecule is CCCC(C(=O)NCCN1CCCCC1)C(N)=S. The van der Waals surface area contributed by atoms with Crippen LogP contribution < -0.4 is 11.1 Å². The second-order valence-corrected chi connectivity index (χ2v) is 5.41. The Hall–Kier alpha value is -0.680. The van der Waals surface area contributed by atoms with E-state index < -0.39 is 0 Å². The van der Waals surface area contributed by atoms with Crippen molar-refractivity contribution >= 4 is 23.1 Å². The lowest BCUT2D eigenvalue weighted by atomic mass is 10.0. The van der Waals surface area contributed by atoms with E-state index in [4.69, 9.17) is 18.0 Å². The molecule has 104 valence electrons. The van der Waals surface area contributed by atoms with Crippen LogP contribution in [0.15, 0.2) is 0 Å². The molecular formula is C13H25N3OS. The minimum atomic E-state index is -0.300. The standard InChI is InChI=1S/C13H25N3OS/c1-2-6-11(12(14)18)13(17)15-7-10-16-8-4-3-5-9-16/h11H,2-10H2,1H3,(H2,14,18)(H,15,17). The summed E-state index contributed by atoms with van der Waals surface area (Å²) in [7, 11) is 0. The van der Waals surface area contributed by atoms with Crippen molar-refractivity contribution in [2.24, 2.45) is 11.7 Å². The maximum absolute atomic E-state index is 11.9. The van der Waals surface area contributed by atoms with E-state index in [9.17, 15) is 4.79 Å². The number of hydrogen-bond donors (Lipinski definition) is 2. The largest absolute Gasteiger partial charge is 0.393 e. The fourth-order valence-electron chi connectivity index (χ4n) is 2.33. The van der Waals surface area contributed by atoms with Crippen molar-refractivity contribution in [1.82, 2.24) is 10.2 Å². The number of nitrogens with two attached hydrogens (primary N) is 1. The second-order valence-electron chi connectivity index (χ2n) is 4.94. The molecule has 1 fully saturated rings. The minimum absolute atomic E-state index is 0.0126. The van der Waals surface area contributed by atoms with Crippen LogP contribution in [0.2, 0.25) is 0 Å². The number of piperidine rings is 1. The fraction of sp³-hybridized carbons (Fsp3) is 0.846. The van der Waals surface area contributed by atoms with Crippen LogP contribution in [0.5, 0.6) is 0 Å². The molecule has 1 atom stereocenters. The van der Waals surface area contributed by atoms with Gasteiger partial charge in [0.15, 0.2) is 0 Å². The molecule has 1 aliphatic heterocycles. The summed E-state index contributed by atoms with van der Waals surface area (Å²) < 4.78 is 0. The molecule has 1 unspecified atom stereocenters. The maximum atomic E-state index is 11.9. The lowest BCUT2D eigenvalue weighted by Crippen LogP contribution is -2.42. The van der Waals surface area contributed by atoms with Crippen molar-refractivity contribution in [3.63, 3.8) is 0 Å². The Bertz CT molecular complexity index is 277. The molecule has 1 aliphatic rings. The van der Waals surface area contributed by atoms with Crippen LogP contribution in [-0.4, -0.2) is 42.0 Å². The molecule has 1 amide bonds. The summed E-state index contributed by atoms with van der Waals surface area (Å²) in [5.41, 5.74) is 5.60. The van der Waals surface area contributed by atoms with Gasteiger partial charge in [0.1, 0.15) is 0 Å². The van der Waals surface area contributed by atoms with Crippen LogP contribution in [0.1, 0.15) is 39.0 Å². The number of nitrogens with one attached hydrogen (secondary N) is 1. The lowest BCUT2D eigenvalue weighted by molar-refractivity contribution is -0.123. The molecule has 1 saturated heterocycles. The molecule has 3 N–H and O–H groups in total. The quantitative estimate of drug-likeness (QED) is 0.685. The molecule has 4 nitrogen and oxygen atoms in total. The Labute approximate surface area is 115 Å². The third kappa shape index (κ3) is 5.31. The molecule has 1 rings (SSSR count). The van der Waals surface area contributed by atoms with E-state index in [1.54, 1.807) is 0 Å². The van der Waals surface area contributed by atoms with Gasteiger partial charge in [0, 0.05) is 13.1 Å². The van der Waals surface area contributed by atoms with Crippen LogP contribution in [0.4, 0.5) is 0 Å². The van der Waals surface area contributed by atoms with E-state index in [1.807, 2.05) is 6.92 Å². The van der Waals surface area contributed by atoms with E-state index in [0.717, 1.165) is 32.5 Å². The van der Waals surface area contributed by atoms with Crippen molar-refractivity contribution < 1.29 is 4.79 Å². The molecule has 0 aliphatic carbocycles. The van der Waals surface area contributed by atoms with Crippen LogP contribution in [-0.2, 0) is 4.79 Å². The molecule has 0 aromatic carbocycles. The first kappa shape index (κ1) is 15.4. The molecule has 0 bridgehead atoms. The Morgan fingerprint density at radius 1 is 1.39 bits per heavy atom. The molecule has 0 radical (unpaired) electrons. The summed E-state index contributed by atoms with van der Waals surface area (Å²) in [6, 6.07) is 0. The zero-order valence-corrected chi connectivity index (χ0v) is 12.1. The van der Waals surface area contributed by atoms with Gasteiger partial charge in [-0.15, -0.1) is 0 Å². The van der Waals surface area contributed by atoms with Crippen LogP contribution >= 0.6 is 12.2 Å². The zero-order chi connectivity index (χ0) is 13.4. The van der Waals surface area contributed by atoms with Gasteiger partial charge in [0.2, 0.25) is 5.91 Å². The Balaban J connectivity index is 2.23. The van der Waals surface area contributed by atoms with E-state index in [1.165, 1.54) is 19.3 Å². The highest BCUT2D eigenvalue weighted by atomic mass is 32.1. The molecular weight excluding hydrogens is 246 g/mol. The number of rotatable bonds is 7. The van der Waals surface area contributed by atoms with Crippen molar-refractivity contribution in [2.45, 2.75) is 39.0 Å². The van der Waals surface area contributed by atoms with Gasteiger partial charge in [-0.3, -0.25) is 4.79 Å². The second kappa shape index (κ2) is 8.43. The normalized spacial score (nSPS) is 18.3. The predicted octanol–water partition coefficient (Wildman–Crippen LogP) is 1.29. The van der Waals surface area contributed by atoms with Crippen molar-refractivity contribution in [1.29, 1.82) is 0 Å². The average molecular weight is 271 g/mol. The molecule has 5 heteroatoms. The van der Waals surface area contributed by atoms with Crippen LogP contribution in [0, 0.1) is 5.92 Å². The summed E-state index contributed by atoms with van der Waals surface area (Å²) >= 11 is 4.94. The highest BCUT2D eigenvalue weighted by Crippen LogP contribution is 2.08. The van der Waals surface area contributed by atoms with E-state index in [-0.39, 0.29) is 11.8 Å². The van der Waals surface area contributed by atoms with Crippen molar-refractivity contribution in [3.05, 3.63) is 0 Å². The Morgan fingerprint density at radius 2 is 2.06 bits per heavy atom. The number of nitrogens with zero attached hydrogens (tertiary/aromatic N) is 1. The third-order valence-corrected chi connectivity index (χ3v) is 3.70. The zero-order valence-electron chi connectivity index (χ0n) is 11.3. The predicted molar refractivity (Wildman–Crippen MR) is 78.5 cm³/mol. The lowest BCUT2D eigenvalue weighted by Gasteiger charge is -2.26. The van der Waals surface area contributed by atoms with Gasteiger partial charge in [0.05, 0.1) is 10.9 Å². The van der Waals surface area contributed by atoms with Gasteiger partial charge in [-0.05, 0) is 32.4 Å². The number of carbonyl (C=O) groups is 1. The molecule has 18 heavy (non-hydrogen) atoms. The van der Waals surface area contributed by atoms with Crippen LogP contribution in [0.25, 0.3) is 0 Å². The number of likely N-dealkylation sites (tertiary alicyclic amines) is 1. The summed E-state index contributed by atoms with van der Waals surface area (Å²) in [5, 5.41) is 2.95. The maximum Gasteiger partial charge on any atom is 0.229 e. The molecule has 1 heterocycles. The minimum Gasteiger partial charge on any atom is -0.393 e. The summed E-state index contributed by atoms with van der Waals surface area (Å²) in [6.07, 6.45) is 5.55. The van der Waals surface area contributed by atoms with Gasteiger partial charge in [-0.25, -0.2) is 0 Å². The third-order valence-electron chi connectivity index (χ3n) is 3.41. The van der Waals surface area contributed by atoms with E-state index >= 15 is 0 Å². The first-order valence-corrected chi connectivity index (χ1v) is 7.35. The molecule has 0 aromatic rings. The van der Waals surface area contributed by atoms with Crippen molar-refractivity contribution in [3.8, 4) is 0 Å². The summed E-state index contributed by atoms with van der Waals surface area (Å²) in [6.45, 7) is 5.98. The highest BCUT2D eigenvalue weighted by Gasteiger charge is 2.20. The average Bonchev–Trinajstić information content (AvgIpc) is 2.36. The molecule has 0 aromatic heterocycles. The topological polar surface area (TPSA) is 58.4 Å². The van der Waals surface area contributed by atoms with Gasteiger partial charge in [0.25, 0.3) is 0 Å². The molecule has 0 saturated carbocycles. The van der Waals surface area contributed by atoms with Gasteiger partial charge >= 0.3 is 0 Å². The van der Waals surface area contributed by atoms with Crippen molar-refractivity contribution in [2.75, 3.05) is 26.2 Å². The number of amides is 1. The monoisotopic (exact) mass is 271 g/mol. The van der Waals surface area contributed by atoms with Gasteiger partial charge in [-0.1, -0.05) is 32.0 Å². The Morgan fingerprint density at radius 3 is 2.61 bits per heavy atom. The number of carbonyl (C=O) groups excluding carboxylic acids is 1. The number of hydrogen-bond acceptors (Lipinski definition) is 3. The summed E-state index contributed by atoms with van der Waals surface area (Å²) in [5.74, 6) is -0.312. The number of thiocarbonyl (C=S) groups is 1. The highest BCUT2D eigenvalue weighted by molar-refractivity contribution is 7.80. The first-order chi connectivity index (χ1) is 8.65. The van der Waals surface area contributed by atoms with Gasteiger partial charge < -0.3 is 16.0 Å². The Kier molecular flexibility index (Phi) is 7.20. The van der Waals surface area contributed by atoms with Gasteiger partial charge in [-0.2, -0.15) is 0 Å².